The van der Waals surface area contributed by atoms with Gasteiger partial charge >= 0.3 is 0 Å². The molecule has 0 amide bonds. The van der Waals surface area contributed by atoms with Gasteiger partial charge in [-0.3, -0.25) is 0 Å². The van der Waals surface area contributed by atoms with E-state index in [1.165, 1.54) is 0 Å². The molecule has 2 aromatic rings. The molecule has 0 aliphatic heterocycles. The lowest BCUT2D eigenvalue weighted by molar-refractivity contribution is 0.223. The molecule has 0 radical (unpaired) electrons. The predicted molar refractivity (Wildman–Crippen MR) is 112 cm³/mol. The summed E-state index contributed by atoms with van der Waals surface area (Å²) < 4.78 is 11.2. The number of ether oxygens (including phenoxy) is 2. The fraction of sp³-hybridized carbons (Fsp3) is 0.474. The van der Waals surface area contributed by atoms with Crippen LogP contribution in [-0.2, 0) is 6.54 Å². The summed E-state index contributed by atoms with van der Waals surface area (Å²) in [6.07, 6.45) is -0.0272. The average Bonchev–Trinajstić information content (AvgIpc) is 3.13. The Hall–Kier alpha value is -2.48. The zero-order chi connectivity index (χ0) is 19.6. The first-order valence-electron chi connectivity index (χ1n) is 8.96. The highest BCUT2D eigenvalue weighted by Crippen LogP contribution is 2.20. The molecule has 0 bridgehead atoms. The summed E-state index contributed by atoms with van der Waals surface area (Å²) in [6, 6.07) is 7.60. The number of thiazole rings is 1. The molecule has 0 saturated heterocycles. The minimum Gasteiger partial charge on any atom is -0.497 e. The van der Waals surface area contributed by atoms with E-state index in [4.69, 9.17) is 9.47 Å². The van der Waals surface area contributed by atoms with Crippen LogP contribution in [0.4, 0.5) is 5.13 Å². The highest BCUT2D eigenvalue weighted by molar-refractivity contribution is 7.13. The van der Waals surface area contributed by atoms with E-state index in [9.17, 15) is 0 Å². The molecule has 27 heavy (non-hydrogen) atoms. The van der Waals surface area contributed by atoms with Gasteiger partial charge in [0.05, 0.1) is 25.9 Å². The Balaban J connectivity index is 1.88. The summed E-state index contributed by atoms with van der Waals surface area (Å²) in [7, 11) is 5.62. The molecule has 8 heteroatoms. The Morgan fingerprint density at radius 3 is 2.74 bits per heavy atom. The zero-order valence-corrected chi connectivity index (χ0v) is 17.5. The summed E-state index contributed by atoms with van der Waals surface area (Å²) >= 11 is 1.62. The van der Waals surface area contributed by atoms with Gasteiger partial charge in [-0.15, -0.1) is 11.3 Å². The van der Waals surface area contributed by atoms with Crippen LogP contribution < -0.4 is 25.0 Å². The van der Waals surface area contributed by atoms with Gasteiger partial charge in [-0.2, -0.15) is 0 Å². The quantitative estimate of drug-likeness (QED) is 0.506. The molecule has 0 fully saturated rings. The molecule has 0 spiro atoms. The van der Waals surface area contributed by atoms with Crippen molar-refractivity contribution in [3.63, 3.8) is 0 Å². The van der Waals surface area contributed by atoms with Gasteiger partial charge in [-0.25, -0.2) is 9.98 Å². The SMILES string of the molecule is CCNC(=NCc1csc(N(C)C)n1)NCC(C)Oc1cccc(OC)c1. The highest BCUT2D eigenvalue weighted by atomic mass is 32.1. The van der Waals surface area contributed by atoms with E-state index >= 15 is 0 Å². The van der Waals surface area contributed by atoms with Crippen LogP contribution in [0, 0.1) is 0 Å². The zero-order valence-electron chi connectivity index (χ0n) is 16.7. The molecule has 1 aromatic heterocycles. The van der Waals surface area contributed by atoms with Crippen molar-refractivity contribution < 1.29 is 9.47 Å². The fourth-order valence-electron chi connectivity index (χ4n) is 2.26. The lowest BCUT2D eigenvalue weighted by atomic mass is 10.3. The smallest absolute Gasteiger partial charge is 0.191 e. The number of anilines is 1. The molecule has 0 saturated carbocycles. The lowest BCUT2D eigenvalue weighted by Gasteiger charge is -2.18. The molecule has 1 atom stereocenters. The van der Waals surface area contributed by atoms with E-state index in [2.05, 4.69) is 20.6 Å². The minimum absolute atomic E-state index is 0.0272. The van der Waals surface area contributed by atoms with Gasteiger partial charge in [-0.05, 0) is 26.0 Å². The Morgan fingerprint density at radius 1 is 1.30 bits per heavy atom. The standard InChI is InChI=1S/C19H29N5O2S/c1-6-20-18(22-12-15-13-27-19(23-15)24(3)4)21-11-14(2)26-17-9-7-8-16(10-17)25-5/h7-10,13-14H,6,11-12H2,1-5H3,(H2,20,21,22). The van der Waals surface area contributed by atoms with Crippen LogP contribution >= 0.6 is 11.3 Å². The summed E-state index contributed by atoms with van der Waals surface area (Å²) in [4.78, 5) is 11.2. The van der Waals surface area contributed by atoms with E-state index in [0.717, 1.165) is 34.8 Å². The number of hydrogen-bond acceptors (Lipinski definition) is 6. The van der Waals surface area contributed by atoms with E-state index in [-0.39, 0.29) is 6.10 Å². The third-order valence-corrected chi connectivity index (χ3v) is 4.66. The van der Waals surface area contributed by atoms with Crippen LogP contribution in [0.5, 0.6) is 11.5 Å². The highest BCUT2D eigenvalue weighted by Gasteiger charge is 2.08. The fourth-order valence-corrected chi connectivity index (χ4v) is 3.01. The van der Waals surface area contributed by atoms with Gasteiger partial charge in [0.15, 0.2) is 11.1 Å². The van der Waals surface area contributed by atoms with Crippen molar-refractivity contribution in [2.75, 3.05) is 39.2 Å². The molecule has 1 unspecified atom stereocenters. The van der Waals surface area contributed by atoms with Crippen LogP contribution in [0.15, 0.2) is 34.6 Å². The molecule has 7 nitrogen and oxygen atoms in total. The number of aromatic nitrogens is 1. The molecule has 1 heterocycles. The minimum atomic E-state index is -0.0272. The second kappa shape index (κ2) is 10.6. The number of hydrogen-bond donors (Lipinski definition) is 2. The van der Waals surface area contributed by atoms with Crippen LogP contribution in [-0.4, -0.2) is 51.3 Å². The number of benzene rings is 1. The Bertz CT molecular complexity index is 732. The number of guanidine groups is 1. The van der Waals surface area contributed by atoms with E-state index < -0.39 is 0 Å². The number of methoxy groups -OCH3 is 1. The maximum Gasteiger partial charge on any atom is 0.191 e. The first-order valence-corrected chi connectivity index (χ1v) is 9.84. The maximum absolute atomic E-state index is 5.94. The summed E-state index contributed by atoms with van der Waals surface area (Å²) in [5, 5.41) is 9.59. The van der Waals surface area contributed by atoms with E-state index in [1.54, 1.807) is 18.4 Å². The molecule has 1 aromatic carbocycles. The molecular formula is C19H29N5O2S. The molecular weight excluding hydrogens is 362 g/mol. The topological polar surface area (TPSA) is 71.0 Å². The number of rotatable bonds is 9. The first-order chi connectivity index (χ1) is 13.0. The van der Waals surface area contributed by atoms with Gasteiger partial charge in [0, 0.05) is 32.1 Å². The van der Waals surface area contributed by atoms with Crippen LogP contribution in [0.1, 0.15) is 19.5 Å². The van der Waals surface area contributed by atoms with Crippen LogP contribution in [0.2, 0.25) is 0 Å². The normalized spacial score (nSPS) is 12.4. The third kappa shape index (κ3) is 6.97. The largest absolute Gasteiger partial charge is 0.497 e. The maximum atomic E-state index is 5.94. The molecule has 148 valence electrons. The second-order valence-corrected chi connectivity index (χ2v) is 7.04. The van der Waals surface area contributed by atoms with E-state index in [0.29, 0.717) is 13.1 Å². The van der Waals surface area contributed by atoms with Gasteiger partial charge in [0.1, 0.15) is 17.6 Å². The molecule has 2 rings (SSSR count). The van der Waals surface area contributed by atoms with Crippen molar-refractivity contribution in [1.29, 1.82) is 0 Å². The van der Waals surface area contributed by atoms with E-state index in [1.807, 2.05) is 62.5 Å². The summed E-state index contributed by atoms with van der Waals surface area (Å²) in [6.45, 7) is 6.00. The average molecular weight is 392 g/mol. The third-order valence-electron chi connectivity index (χ3n) is 3.60. The van der Waals surface area contributed by atoms with Gasteiger partial charge in [-0.1, -0.05) is 6.07 Å². The van der Waals surface area contributed by atoms with Crippen molar-refractivity contribution in [2.24, 2.45) is 4.99 Å². The molecule has 0 aliphatic rings. The number of aliphatic imine (C=N–C) groups is 1. The van der Waals surface area contributed by atoms with Gasteiger partial charge < -0.3 is 25.0 Å². The summed E-state index contributed by atoms with van der Waals surface area (Å²) in [5.74, 6) is 2.31. The van der Waals surface area contributed by atoms with Gasteiger partial charge in [0.25, 0.3) is 0 Å². The van der Waals surface area contributed by atoms with Crippen molar-refractivity contribution in [3.05, 3.63) is 35.3 Å². The summed E-state index contributed by atoms with van der Waals surface area (Å²) in [5.41, 5.74) is 0.960. The van der Waals surface area contributed by atoms with Gasteiger partial charge in [0.2, 0.25) is 0 Å². The first kappa shape index (κ1) is 20.8. The number of nitrogens with one attached hydrogen (secondary N) is 2. The Morgan fingerprint density at radius 2 is 2.07 bits per heavy atom. The van der Waals surface area contributed by atoms with Crippen molar-refractivity contribution in [1.82, 2.24) is 15.6 Å². The van der Waals surface area contributed by atoms with Crippen molar-refractivity contribution >= 4 is 22.4 Å². The number of nitrogens with zero attached hydrogens (tertiary/aromatic N) is 3. The Labute approximate surface area is 165 Å². The monoisotopic (exact) mass is 391 g/mol. The Kier molecular flexibility index (Phi) is 8.19. The lowest BCUT2D eigenvalue weighted by Crippen LogP contribution is -2.41. The predicted octanol–water partition coefficient (Wildman–Crippen LogP) is 2.74. The molecule has 0 aliphatic carbocycles. The van der Waals surface area contributed by atoms with Crippen molar-refractivity contribution in [2.45, 2.75) is 26.5 Å². The molecule has 2 N–H and O–H groups in total. The second-order valence-electron chi connectivity index (χ2n) is 6.20. The van der Waals surface area contributed by atoms with Crippen molar-refractivity contribution in [3.8, 4) is 11.5 Å². The van der Waals surface area contributed by atoms with Crippen LogP contribution in [0.3, 0.4) is 0 Å². The van der Waals surface area contributed by atoms with Crippen LogP contribution in [0.25, 0.3) is 0 Å².